The molecule has 2 aromatic rings. The summed E-state index contributed by atoms with van der Waals surface area (Å²) in [5.74, 6) is -0.146. The van der Waals surface area contributed by atoms with Gasteiger partial charge in [0.05, 0.1) is 0 Å². The fourth-order valence-electron chi connectivity index (χ4n) is 2.06. The normalized spacial score (nSPS) is 14.4. The van der Waals surface area contributed by atoms with Gasteiger partial charge in [0.25, 0.3) is 0 Å². The number of benzene rings is 1. The Morgan fingerprint density at radius 2 is 1.78 bits per heavy atom. The first-order chi connectivity index (χ1) is 8.58. The van der Waals surface area contributed by atoms with Gasteiger partial charge < -0.3 is 5.32 Å². The third-order valence-corrected chi connectivity index (χ3v) is 4.24. The number of thiophene rings is 1. The van der Waals surface area contributed by atoms with Crippen molar-refractivity contribution in [3.05, 3.63) is 57.5 Å². The van der Waals surface area contributed by atoms with Crippen LogP contribution in [0.5, 0.6) is 0 Å². The average Bonchev–Trinajstić information content (AvgIpc) is 2.76. The van der Waals surface area contributed by atoms with Crippen LogP contribution in [0.2, 0.25) is 0 Å². The molecule has 0 bridgehead atoms. The zero-order valence-corrected chi connectivity index (χ0v) is 11.7. The monoisotopic (exact) mass is 263 g/mol. The summed E-state index contributed by atoms with van der Waals surface area (Å²) in [5.41, 5.74) is 0.720. The molecule has 0 aliphatic carbocycles. The zero-order valence-electron chi connectivity index (χ0n) is 10.9. The molecule has 18 heavy (non-hydrogen) atoms. The Morgan fingerprint density at radius 1 is 1.06 bits per heavy atom. The third-order valence-electron chi connectivity index (χ3n) is 3.06. The molecular formula is C15H18FNS. The largest absolute Gasteiger partial charge is 0.303 e. The quantitative estimate of drug-likeness (QED) is 0.849. The molecule has 0 radical (unpaired) electrons. The van der Waals surface area contributed by atoms with Gasteiger partial charge in [-0.2, -0.15) is 0 Å². The van der Waals surface area contributed by atoms with Gasteiger partial charge in [0.15, 0.2) is 0 Å². The van der Waals surface area contributed by atoms with Gasteiger partial charge in [-0.1, -0.05) is 18.2 Å². The average molecular weight is 263 g/mol. The van der Waals surface area contributed by atoms with E-state index >= 15 is 0 Å². The highest BCUT2D eigenvalue weighted by Gasteiger charge is 2.14. The first kappa shape index (κ1) is 13.2. The predicted molar refractivity (Wildman–Crippen MR) is 75.4 cm³/mol. The van der Waals surface area contributed by atoms with E-state index in [1.165, 1.54) is 15.8 Å². The summed E-state index contributed by atoms with van der Waals surface area (Å²) >= 11 is 1.78. The molecule has 0 amide bonds. The minimum absolute atomic E-state index is 0.00334. The predicted octanol–water partition coefficient (Wildman–Crippen LogP) is 4.61. The van der Waals surface area contributed by atoms with Crippen LogP contribution >= 0.6 is 11.3 Å². The highest BCUT2D eigenvalue weighted by molar-refractivity contribution is 7.12. The number of hydrogen-bond acceptors (Lipinski definition) is 2. The zero-order chi connectivity index (χ0) is 13.1. The Hall–Kier alpha value is -1.19. The highest BCUT2D eigenvalue weighted by atomic mass is 32.1. The van der Waals surface area contributed by atoms with E-state index in [2.05, 4.69) is 31.3 Å². The van der Waals surface area contributed by atoms with Crippen LogP contribution in [-0.4, -0.2) is 0 Å². The topological polar surface area (TPSA) is 12.0 Å². The van der Waals surface area contributed by atoms with E-state index in [0.29, 0.717) is 0 Å². The second-order valence-corrected chi connectivity index (χ2v) is 5.90. The first-order valence-electron chi connectivity index (χ1n) is 6.14. The summed E-state index contributed by atoms with van der Waals surface area (Å²) in [6.07, 6.45) is 0. The van der Waals surface area contributed by atoms with E-state index in [9.17, 15) is 4.39 Å². The lowest BCUT2D eigenvalue weighted by atomic mass is 10.1. The highest BCUT2D eigenvalue weighted by Crippen LogP contribution is 2.25. The molecule has 0 fully saturated rings. The van der Waals surface area contributed by atoms with Crippen molar-refractivity contribution in [1.82, 2.24) is 5.32 Å². The molecule has 1 aromatic carbocycles. The Bertz CT molecular complexity index is 521. The maximum atomic E-state index is 13.7. The fourth-order valence-corrected chi connectivity index (χ4v) is 2.95. The van der Waals surface area contributed by atoms with Crippen molar-refractivity contribution in [3.63, 3.8) is 0 Å². The summed E-state index contributed by atoms with van der Waals surface area (Å²) in [7, 11) is 0. The molecule has 0 saturated carbocycles. The van der Waals surface area contributed by atoms with Gasteiger partial charge in [-0.05, 0) is 39.0 Å². The van der Waals surface area contributed by atoms with Gasteiger partial charge in [-0.3, -0.25) is 0 Å². The second-order valence-electron chi connectivity index (χ2n) is 4.58. The van der Waals surface area contributed by atoms with Crippen molar-refractivity contribution < 1.29 is 4.39 Å². The van der Waals surface area contributed by atoms with Gasteiger partial charge in [0.1, 0.15) is 5.82 Å². The lowest BCUT2D eigenvalue weighted by Crippen LogP contribution is -2.22. The van der Waals surface area contributed by atoms with E-state index in [4.69, 9.17) is 0 Å². The van der Waals surface area contributed by atoms with Crippen molar-refractivity contribution >= 4 is 11.3 Å². The van der Waals surface area contributed by atoms with Crippen LogP contribution < -0.4 is 5.32 Å². The maximum Gasteiger partial charge on any atom is 0.127 e. The van der Waals surface area contributed by atoms with Crippen LogP contribution in [0.4, 0.5) is 4.39 Å². The van der Waals surface area contributed by atoms with Crippen molar-refractivity contribution in [2.24, 2.45) is 0 Å². The van der Waals surface area contributed by atoms with Crippen LogP contribution in [-0.2, 0) is 0 Å². The summed E-state index contributed by atoms with van der Waals surface area (Å²) in [6.45, 7) is 6.21. The molecule has 0 aliphatic heterocycles. The first-order valence-corrected chi connectivity index (χ1v) is 6.96. The van der Waals surface area contributed by atoms with E-state index in [1.807, 2.05) is 19.1 Å². The van der Waals surface area contributed by atoms with E-state index in [1.54, 1.807) is 17.4 Å². The van der Waals surface area contributed by atoms with Crippen LogP contribution in [0.15, 0.2) is 36.4 Å². The van der Waals surface area contributed by atoms with E-state index in [0.717, 1.165) is 5.56 Å². The number of rotatable bonds is 4. The smallest absolute Gasteiger partial charge is 0.127 e. The Balaban J connectivity index is 2.08. The summed E-state index contributed by atoms with van der Waals surface area (Å²) in [4.78, 5) is 2.59. The lowest BCUT2D eigenvalue weighted by molar-refractivity contribution is 0.478. The molecule has 0 aliphatic rings. The molecule has 0 spiro atoms. The minimum atomic E-state index is -0.146. The second kappa shape index (κ2) is 5.63. The van der Waals surface area contributed by atoms with E-state index in [-0.39, 0.29) is 17.9 Å². The lowest BCUT2D eigenvalue weighted by Gasteiger charge is -2.20. The van der Waals surface area contributed by atoms with Gasteiger partial charge in [0, 0.05) is 27.4 Å². The maximum absolute atomic E-state index is 13.7. The van der Waals surface area contributed by atoms with Crippen molar-refractivity contribution in [1.29, 1.82) is 0 Å². The molecule has 1 heterocycles. The SMILES string of the molecule is Cc1ccc(C(C)N[C@H](C)c2ccccc2F)s1. The number of nitrogens with one attached hydrogen (secondary N) is 1. The molecule has 2 atom stereocenters. The van der Waals surface area contributed by atoms with Crippen molar-refractivity contribution in [2.45, 2.75) is 32.9 Å². The van der Waals surface area contributed by atoms with Crippen LogP contribution in [0.25, 0.3) is 0 Å². The molecule has 1 aromatic heterocycles. The van der Waals surface area contributed by atoms with Crippen LogP contribution in [0, 0.1) is 12.7 Å². The number of halogens is 1. The molecule has 1 N–H and O–H groups in total. The molecule has 0 saturated heterocycles. The van der Waals surface area contributed by atoms with E-state index < -0.39 is 0 Å². The number of aryl methyl sites for hydroxylation is 1. The molecule has 2 rings (SSSR count). The van der Waals surface area contributed by atoms with Crippen LogP contribution in [0.1, 0.15) is 41.2 Å². The molecule has 96 valence electrons. The molecular weight excluding hydrogens is 245 g/mol. The van der Waals surface area contributed by atoms with Gasteiger partial charge in [-0.15, -0.1) is 11.3 Å². The summed E-state index contributed by atoms with van der Waals surface area (Å²) in [5, 5.41) is 3.44. The Labute approximate surface area is 112 Å². The van der Waals surface area contributed by atoms with Gasteiger partial charge in [-0.25, -0.2) is 4.39 Å². The summed E-state index contributed by atoms with van der Waals surface area (Å²) in [6, 6.07) is 11.4. The molecule has 1 unspecified atom stereocenters. The van der Waals surface area contributed by atoms with Crippen LogP contribution in [0.3, 0.4) is 0 Å². The van der Waals surface area contributed by atoms with Crippen molar-refractivity contribution in [3.8, 4) is 0 Å². The Kier molecular flexibility index (Phi) is 4.15. The molecule has 3 heteroatoms. The summed E-state index contributed by atoms with van der Waals surface area (Å²) < 4.78 is 13.7. The van der Waals surface area contributed by atoms with Gasteiger partial charge >= 0.3 is 0 Å². The standard InChI is InChI=1S/C15H18FNS/c1-10-8-9-15(18-10)12(3)17-11(2)13-6-4-5-7-14(13)16/h4-9,11-12,17H,1-3H3/t11-,12?/m1/s1. The fraction of sp³-hybridized carbons (Fsp3) is 0.333. The van der Waals surface area contributed by atoms with Crippen molar-refractivity contribution in [2.75, 3.05) is 0 Å². The minimum Gasteiger partial charge on any atom is -0.303 e. The van der Waals surface area contributed by atoms with Gasteiger partial charge in [0.2, 0.25) is 0 Å². The Morgan fingerprint density at radius 3 is 2.39 bits per heavy atom. The molecule has 1 nitrogen and oxygen atoms in total. The third kappa shape index (κ3) is 2.98. The number of hydrogen-bond donors (Lipinski definition) is 1.